The Morgan fingerprint density at radius 2 is 1.96 bits per heavy atom. The second-order valence-corrected chi connectivity index (χ2v) is 9.28. The van der Waals surface area contributed by atoms with Crippen molar-refractivity contribution in [3.63, 3.8) is 0 Å². The van der Waals surface area contributed by atoms with Crippen molar-refractivity contribution in [3.8, 4) is 0 Å². The molecule has 1 aliphatic heterocycles. The molecule has 1 amide bonds. The summed E-state index contributed by atoms with van der Waals surface area (Å²) in [6.45, 7) is 4.54. The summed E-state index contributed by atoms with van der Waals surface area (Å²) in [4.78, 5) is 22.5. The van der Waals surface area contributed by atoms with Crippen LogP contribution in [0.25, 0.3) is 10.2 Å². The summed E-state index contributed by atoms with van der Waals surface area (Å²) in [6, 6.07) is 9.08. The highest BCUT2D eigenvalue weighted by Gasteiger charge is 2.24. The van der Waals surface area contributed by atoms with E-state index in [4.69, 9.17) is 27.9 Å². The number of ether oxygens (including phenoxy) is 1. The molecule has 10 heteroatoms. The van der Waals surface area contributed by atoms with Gasteiger partial charge in [-0.05, 0) is 30.3 Å². The number of rotatable bonds is 5. The summed E-state index contributed by atoms with van der Waals surface area (Å²) in [5, 5.41) is 1.34. The smallest absolute Gasteiger partial charge is 0.270 e. The van der Waals surface area contributed by atoms with Gasteiger partial charge in [-0.2, -0.15) is 0 Å². The van der Waals surface area contributed by atoms with E-state index in [9.17, 15) is 4.79 Å². The molecule has 28 heavy (non-hydrogen) atoms. The molecule has 150 valence electrons. The predicted octanol–water partition coefficient (Wildman–Crippen LogP) is 5.07. The highest BCUT2D eigenvalue weighted by atomic mass is 35.5. The van der Waals surface area contributed by atoms with Crippen LogP contribution in [0.3, 0.4) is 0 Å². The van der Waals surface area contributed by atoms with Crippen LogP contribution in [-0.4, -0.2) is 55.2 Å². The molecule has 5 nitrogen and oxygen atoms in total. The van der Waals surface area contributed by atoms with E-state index in [2.05, 4.69) is 9.88 Å². The number of hydrogen-bond acceptors (Lipinski definition) is 6. The van der Waals surface area contributed by atoms with Gasteiger partial charge in [-0.15, -0.1) is 23.7 Å². The molecule has 3 aromatic rings. The molecule has 1 aliphatic rings. The number of hydrogen-bond donors (Lipinski definition) is 0. The zero-order valence-corrected chi connectivity index (χ0v) is 18.7. The second kappa shape index (κ2) is 9.71. The van der Waals surface area contributed by atoms with Crippen LogP contribution in [-0.2, 0) is 4.74 Å². The van der Waals surface area contributed by atoms with E-state index in [0.717, 1.165) is 43.1 Å². The molecule has 3 heterocycles. The van der Waals surface area contributed by atoms with Crippen LogP contribution in [0.2, 0.25) is 9.36 Å². The van der Waals surface area contributed by atoms with Crippen molar-refractivity contribution in [1.29, 1.82) is 0 Å². The number of amides is 1. The van der Waals surface area contributed by atoms with Gasteiger partial charge in [0, 0.05) is 31.2 Å². The van der Waals surface area contributed by atoms with Crippen molar-refractivity contribution in [2.24, 2.45) is 0 Å². The SMILES string of the molecule is Cl.O=C(c1ccc(Cl)s1)N(CCN1CCOCC1)c1nc2ccc(Cl)cc2s1. The van der Waals surface area contributed by atoms with Crippen LogP contribution in [0.5, 0.6) is 0 Å². The number of nitrogens with zero attached hydrogens (tertiary/aromatic N) is 3. The molecule has 0 aliphatic carbocycles. The zero-order chi connectivity index (χ0) is 18.8. The van der Waals surface area contributed by atoms with Gasteiger partial charge in [-0.1, -0.05) is 34.5 Å². The van der Waals surface area contributed by atoms with E-state index in [0.29, 0.717) is 25.9 Å². The maximum Gasteiger partial charge on any atom is 0.270 e. The van der Waals surface area contributed by atoms with Crippen molar-refractivity contribution >= 4 is 79.5 Å². The highest BCUT2D eigenvalue weighted by Crippen LogP contribution is 2.32. The fourth-order valence-electron chi connectivity index (χ4n) is 2.91. The Morgan fingerprint density at radius 1 is 1.18 bits per heavy atom. The number of aromatic nitrogens is 1. The zero-order valence-electron chi connectivity index (χ0n) is 14.8. The van der Waals surface area contributed by atoms with Gasteiger partial charge in [0.2, 0.25) is 0 Å². The van der Waals surface area contributed by atoms with Gasteiger partial charge in [0.05, 0.1) is 32.6 Å². The van der Waals surface area contributed by atoms with Gasteiger partial charge < -0.3 is 4.74 Å². The number of carbonyl (C=O) groups excluding carboxylic acids is 1. The Balaban J connectivity index is 0.00000225. The van der Waals surface area contributed by atoms with Crippen molar-refractivity contribution < 1.29 is 9.53 Å². The van der Waals surface area contributed by atoms with Crippen molar-refractivity contribution in [1.82, 2.24) is 9.88 Å². The lowest BCUT2D eigenvalue weighted by Crippen LogP contribution is -2.43. The minimum Gasteiger partial charge on any atom is -0.379 e. The molecular weight excluding hydrogens is 461 g/mol. The number of anilines is 1. The predicted molar refractivity (Wildman–Crippen MR) is 120 cm³/mol. The first-order chi connectivity index (χ1) is 13.1. The summed E-state index contributed by atoms with van der Waals surface area (Å²) >= 11 is 14.9. The van der Waals surface area contributed by atoms with E-state index < -0.39 is 0 Å². The Kier molecular flexibility index (Phi) is 7.55. The average molecular weight is 479 g/mol. The number of halogens is 3. The first-order valence-electron chi connectivity index (χ1n) is 8.53. The monoisotopic (exact) mass is 477 g/mol. The summed E-state index contributed by atoms with van der Waals surface area (Å²) in [5.74, 6) is -0.0784. The minimum atomic E-state index is -0.0784. The van der Waals surface area contributed by atoms with Crippen molar-refractivity contribution in [2.45, 2.75) is 0 Å². The van der Waals surface area contributed by atoms with E-state index in [1.807, 2.05) is 18.2 Å². The molecule has 0 atom stereocenters. The molecule has 0 radical (unpaired) electrons. The molecule has 0 bridgehead atoms. The number of thiophene rings is 1. The number of morpholine rings is 1. The molecule has 0 unspecified atom stereocenters. The maximum atomic E-state index is 13.2. The van der Waals surface area contributed by atoms with Crippen LogP contribution in [0.4, 0.5) is 5.13 Å². The quantitative estimate of drug-likeness (QED) is 0.514. The lowest BCUT2D eigenvalue weighted by Gasteiger charge is -2.29. The van der Waals surface area contributed by atoms with E-state index >= 15 is 0 Å². The number of fused-ring (bicyclic) bond motifs is 1. The molecule has 0 saturated carbocycles. The Bertz CT molecular complexity index is 957. The molecule has 0 spiro atoms. The molecule has 1 saturated heterocycles. The minimum absolute atomic E-state index is 0. The normalized spacial score (nSPS) is 14.8. The molecule has 1 aromatic carbocycles. The van der Waals surface area contributed by atoms with Crippen LogP contribution < -0.4 is 4.90 Å². The summed E-state index contributed by atoms with van der Waals surface area (Å²) in [6.07, 6.45) is 0. The number of carbonyl (C=O) groups is 1. The first kappa shape index (κ1) is 21.8. The first-order valence-corrected chi connectivity index (χ1v) is 10.9. The number of benzene rings is 1. The fourth-order valence-corrected chi connectivity index (χ4v) is 5.17. The van der Waals surface area contributed by atoms with Gasteiger partial charge in [0.15, 0.2) is 5.13 Å². The van der Waals surface area contributed by atoms with E-state index in [-0.39, 0.29) is 18.3 Å². The largest absolute Gasteiger partial charge is 0.379 e. The average Bonchev–Trinajstić information content (AvgIpc) is 3.28. The molecule has 0 N–H and O–H groups in total. The summed E-state index contributed by atoms with van der Waals surface area (Å²) in [7, 11) is 0. The Hall–Kier alpha value is -0.930. The highest BCUT2D eigenvalue weighted by molar-refractivity contribution is 7.22. The van der Waals surface area contributed by atoms with Crippen molar-refractivity contribution in [3.05, 3.63) is 44.6 Å². The topological polar surface area (TPSA) is 45.7 Å². The summed E-state index contributed by atoms with van der Waals surface area (Å²) < 4.78 is 6.97. The molecule has 2 aromatic heterocycles. The second-order valence-electron chi connectivity index (χ2n) is 6.12. The van der Waals surface area contributed by atoms with Gasteiger partial charge in [0.25, 0.3) is 5.91 Å². The maximum absolute atomic E-state index is 13.2. The molecule has 1 fully saturated rings. The molecular formula is C18H18Cl3N3O2S2. The third kappa shape index (κ3) is 4.97. The fraction of sp³-hybridized carbons (Fsp3) is 0.333. The van der Waals surface area contributed by atoms with Crippen LogP contribution in [0, 0.1) is 0 Å². The van der Waals surface area contributed by atoms with E-state index in [1.54, 1.807) is 17.0 Å². The van der Waals surface area contributed by atoms with Crippen LogP contribution >= 0.6 is 58.3 Å². The van der Waals surface area contributed by atoms with Gasteiger partial charge >= 0.3 is 0 Å². The third-order valence-electron chi connectivity index (χ3n) is 4.34. The Labute approximate surface area is 187 Å². The van der Waals surface area contributed by atoms with Gasteiger partial charge in [-0.25, -0.2) is 4.98 Å². The lowest BCUT2D eigenvalue weighted by molar-refractivity contribution is 0.0391. The van der Waals surface area contributed by atoms with Crippen LogP contribution in [0.1, 0.15) is 9.67 Å². The Morgan fingerprint density at radius 3 is 2.68 bits per heavy atom. The van der Waals surface area contributed by atoms with Crippen LogP contribution in [0.15, 0.2) is 30.3 Å². The van der Waals surface area contributed by atoms with Gasteiger partial charge in [-0.3, -0.25) is 14.6 Å². The number of thiazole rings is 1. The van der Waals surface area contributed by atoms with Gasteiger partial charge in [0.1, 0.15) is 0 Å². The molecule has 4 rings (SSSR count). The van der Waals surface area contributed by atoms with E-state index in [1.165, 1.54) is 22.7 Å². The third-order valence-corrected chi connectivity index (χ3v) is 6.84. The lowest BCUT2D eigenvalue weighted by atomic mass is 10.3. The standard InChI is InChI=1S/C18H17Cl2N3O2S2.ClH/c19-12-1-2-13-15(11-12)27-18(21-13)23(6-5-22-7-9-25-10-8-22)17(24)14-3-4-16(20)26-14;/h1-4,11H,5-10H2;1H. The van der Waals surface area contributed by atoms with Crippen molar-refractivity contribution in [2.75, 3.05) is 44.3 Å². The summed E-state index contributed by atoms with van der Waals surface area (Å²) in [5.41, 5.74) is 0.841.